The summed E-state index contributed by atoms with van der Waals surface area (Å²) < 4.78 is 13.4. The number of carbonyl (C=O) groups is 1. The Morgan fingerprint density at radius 1 is 0.968 bits per heavy atom. The summed E-state index contributed by atoms with van der Waals surface area (Å²) in [6.07, 6.45) is 5.10. The monoisotopic (exact) mass is 439 g/mol. The molecule has 0 N–H and O–H groups in total. The van der Waals surface area contributed by atoms with Gasteiger partial charge in [0.2, 0.25) is 5.91 Å². The van der Waals surface area contributed by atoms with Crippen molar-refractivity contribution in [3.8, 4) is 11.1 Å². The van der Waals surface area contributed by atoms with E-state index in [1.807, 2.05) is 4.90 Å². The number of nitrogens with zero attached hydrogens (tertiary/aromatic N) is 5. The average molecular weight is 440 g/mol. The first-order chi connectivity index (χ1) is 15.2. The Balaban J connectivity index is 1.31. The molecule has 0 saturated carbocycles. The molecule has 0 spiro atoms. The van der Waals surface area contributed by atoms with E-state index >= 15 is 0 Å². The molecule has 0 unspecified atom stereocenters. The van der Waals surface area contributed by atoms with E-state index in [0.717, 1.165) is 79.3 Å². The number of hydrogen-bond donors (Lipinski definition) is 0. The molecule has 4 heterocycles. The van der Waals surface area contributed by atoms with Crippen molar-refractivity contribution >= 4 is 33.3 Å². The molecule has 162 valence electrons. The molecular formula is C23H26FN5OS. The van der Waals surface area contributed by atoms with Crippen molar-refractivity contribution in [2.45, 2.75) is 19.3 Å². The molecule has 1 aromatic carbocycles. The van der Waals surface area contributed by atoms with E-state index in [2.05, 4.69) is 25.1 Å². The van der Waals surface area contributed by atoms with Gasteiger partial charge in [-0.1, -0.05) is 12.1 Å². The number of piperidine rings is 1. The minimum atomic E-state index is -0.241. The van der Waals surface area contributed by atoms with Crippen LogP contribution in [0, 0.1) is 5.82 Å². The number of aromatic nitrogens is 2. The van der Waals surface area contributed by atoms with Crippen molar-refractivity contribution in [1.29, 1.82) is 0 Å². The quantitative estimate of drug-likeness (QED) is 0.621. The number of halogens is 1. The smallest absolute Gasteiger partial charge is 0.236 e. The van der Waals surface area contributed by atoms with E-state index < -0.39 is 0 Å². The number of benzene rings is 1. The van der Waals surface area contributed by atoms with Crippen LogP contribution in [0.25, 0.3) is 21.3 Å². The van der Waals surface area contributed by atoms with Crippen LogP contribution in [0.15, 0.2) is 36.0 Å². The highest BCUT2D eigenvalue weighted by molar-refractivity contribution is 7.17. The summed E-state index contributed by atoms with van der Waals surface area (Å²) in [4.78, 5) is 29.2. The number of hydrogen-bond acceptors (Lipinski definition) is 6. The minimum absolute atomic E-state index is 0.241. The Labute approximate surface area is 185 Å². The van der Waals surface area contributed by atoms with Gasteiger partial charge in [-0.3, -0.25) is 9.69 Å². The van der Waals surface area contributed by atoms with Gasteiger partial charge in [0.1, 0.15) is 22.8 Å². The average Bonchev–Trinajstić information content (AvgIpc) is 3.25. The number of carbonyl (C=O) groups excluding carboxylic acids is 1. The van der Waals surface area contributed by atoms with Gasteiger partial charge in [-0.15, -0.1) is 11.3 Å². The first kappa shape index (κ1) is 20.3. The third kappa shape index (κ3) is 4.27. The molecule has 0 bridgehead atoms. The van der Waals surface area contributed by atoms with Gasteiger partial charge >= 0.3 is 0 Å². The molecule has 0 aliphatic carbocycles. The lowest BCUT2D eigenvalue weighted by molar-refractivity contribution is -0.133. The molecule has 1 amide bonds. The Morgan fingerprint density at radius 3 is 2.45 bits per heavy atom. The topological polar surface area (TPSA) is 52.6 Å². The minimum Gasteiger partial charge on any atom is -0.353 e. The van der Waals surface area contributed by atoms with Crippen molar-refractivity contribution in [1.82, 2.24) is 19.8 Å². The molecule has 0 radical (unpaired) electrons. The third-order valence-electron chi connectivity index (χ3n) is 6.24. The fourth-order valence-electron chi connectivity index (χ4n) is 4.49. The summed E-state index contributed by atoms with van der Waals surface area (Å²) in [5.74, 6) is 0.941. The summed E-state index contributed by atoms with van der Waals surface area (Å²) in [6.45, 7) is 5.62. The zero-order valence-electron chi connectivity index (χ0n) is 17.5. The van der Waals surface area contributed by atoms with Gasteiger partial charge in [0.25, 0.3) is 0 Å². The number of likely N-dealkylation sites (tertiary alicyclic amines) is 1. The summed E-state index contributed by atoms with van der Waals surface area (Å²) >= 11 is 1.58. The van der Waals surface area contributed by atoms with Crippen LogP contribution in [-0.2, 0) is 4.79 Å². The number of piperazine rings is 1. The SMILES string of the molecule is O=C(CN1CCN(c2ncnc3scc(-c4ccc(F)cc4)c23)CC1)N1CCCCC1. The van der Waals surface area contributed by atoms with Crippen molar-refractivity contribution in [2.24, 2.45) is 0 Å². The second-order valence-electron chi connectivity index (χ2n) is 8.24. The van der Waals surface area contributed by atoms with Gasteiger partial charge in [-0.25, -0.2) is 14.4 Å². The maximum atomic E-state index is 13.4. The van der Waals surface area contributed by atoms with Crippen molar-refractivity contribution < 1.29 is 9.18 Å². The van der Waals surface area contributed by atoms with E-state index in [1.54, 1.807) is 29.8 Å². The van der Waals surface area contributed by atoms with Crippen molar-refractivity contribution in [3.63, 3.8) is 0 Å². The molecule has 6 nitrogen and oxygen atoms in total. The molecule has 2 saturated heterocycles. The maximum Gasteiger partial charge on any atom is 0.236 e. The Hall–Kier alpha value is -2.58. The predicted octanol–water partition coefficient (Wildman–Crippen LogP) is 3.63. The van der Waals surface area contributed by atoms with Crippen molar-refractivity contribution in [3.05, 3.63) is 41.8 Å². The fourth-order valence-corrected chi connectivity index (χ4v) is 5.40. The van der Waals surface area contributed by atoms with Gasteiger partial charge < -0.3 is 9.80 Å². The molecular weight excluding hydrogens is 413 g/mol. The lowest BCUT2D eigenvalue weighted by Gasteiger charge is -2.36. The highest BCUT2D eigenvalue weighted by atomic mass is 32.1. The Kier molecular flexibility index (Phi) is 5.82. The number of fused-ring (bicyclic) bond motifs is 1. The first-order valence-corrected chi connectivity index (χ1v) is 11.8. The van der Waals surface area contributed by atoms with Crippen LogP contribution in [0.2, 0.25) is 0 Å². The van der Waals surface area contributed by atoms with Gasteiger partial charge in [-0.2, -0.15) is 0 Å². The van der Waals surface area contributed by atoms with Gasteiger partial charge in [0.15, 0.2) is 0 Å². The molecule has 3 aromatic rings. The highest BCUT2D eigenvalue weighted by Gasteiger charge is 2.25. The maximum absolute atomic E-state index is 13.4. The second kappa shape index (κ2) is 8.88. The summed E-state index contributed by atoms with van der Waals surface area (Å²) in [5, 5.41) is 3.10. The standard InChI is InChI=1S/C23H26FN5OS/c24-18-6-4-17(5-7-18)19-15-31-23-21(19)22(25-16-26-23)29-12-10-27(11-13-29)14-20(30)28-8-2-1-3-9-28/h4-7,15-16H,1-3,8-14H2. The molecule has 0 atom stereocenters. The fraction of sp³-hybridized carbons (Fsp3) is 0.435. The molecule has 8 heteroatoms. The molecule has 2 aliphatic rings. The van der Waals surface area contributed by atoms with Gasteiger partial charge in [0.05, 0.1) is 11.9 Å². The van der Waals surface area contributed by atoms with Crippen LogP contribution in [0.3, 0.4) is 0 Å². The number of thiophene rings is 1. The summed E-state index contributed by atoms with van der Waals surface area (Å²) in [5.41, 5.74) is 2.01. The van der Waals surface area contributed by atoms with Gasteiger partial charge in [-0.05, 0) is 37.0 Å². The zero-order chi connectivity index (χ0) is 21.2. The molecule has 5 rings (SSSR count). The molecule has 2 aliphatic heterocycles. The Morgan fingerprint density at radius 2 is 1.71 bits per heavy atom. The zero-order valence-corrected chi connectivity index (χ0v) is 18.3. The van der Waals surface area contributed by atoms with Crippen LogP contribution in [0.1, 0.15) is 19.3 Å². The van der Waals surface area contributed by atoms with E-state index in [-0.39, 0.29) is 11.7 Å². The van der Waals surface area contributed by atoms with E-state index in [0.29, 0.717) is 6.54 Å². The molecule has 31 heavy (non-hydrogen) atoms. The third-order valence-corrected chi connectivity index (χ3v) is 7.13. The van der Waals surface area contributed by atoms with E-state index in [4.69, 9.17) is 0 Å². The number of amides is 1. The van der Waals surface area contributed by atoms with Crippen LogP contribution < -0.4 is 4.90 Å². The molecule has 2 fully saturated rings. The van der Waals surface area contributed by atoms with Gasteiger partial charge in [0, 0.05) is 50.2 Å². The Bertz CT molecular complexity index is 1060. The van der Waals surface area contributed by atoms with Crippen LogP contribution in [0.5, 0.6) is 0 Å². The predicted molar refractivity (Wildman–Crippen MR) is 122 cm³/mol. The lowest BCUT2D eigenvalue weighted by atomic mass is 10.1. The summed E-state index contributed by atoms with van der Waals surface area (Å²) in [7, 11) is 0. The largest absolute Gasteiger partial charge is 0.353 e. The molecule has 2 aromatic heterocycles. The highest BCUT2D eigenvalue weighted by Crippen LogP contribution is 2.38. The van der Waals surface area contributed by atoms with Crippen molar-refractivity contribution in [2.75, 3.05) is 50.7 Å². The van der Waals surface area contributed by atoms with E-state index in [1.165, 1.54) is 18.6 Å². The number of anilines is 1. The number of rotatable bonds is 4. The van der Waals surface area contributed by atoms with Crippen LogP contribution >= 0.6 is 11.3 Å². The second-order valence-corrected chi connectivity index (χ2v) is 9.10. The van der Waals surface area contributed by atoms with Crippen LogP contribution in [-0.4, -0.2) is 71.5 Å². The van der Waals surface area contributed by atoms with E-state index in [9.17, 15) is 9.18 Å². The lowest BCUT2D eigenvalue weighted by Crippen LogP contribution is -2.51. The summed E-state index contributed by atoms with van der Waals surface area (Å²) in [6, 6.07) is 6.58. The first-order valence-electron chi connectivity index (χ1n) is 10.9. The van der Waals surface area contributed by atoms with Crippen LogP contribution in [0.4, 0.5) is 10.2 Å². The normalized spacial score (nSPS) is 18.0.